The number of carbonyl (C=O) groups is 2. The van der Waals surface area contributed by atoms with Crippen molar-refractivity contribution in [2.45, 2.75) is 52.4 Å². The summed E-state index contributed by atoms with van der Waals surface area (Å²) in [6.45, 7) is 6.36. The third-order valence-electron chi connectivity index (χ3n) is 3.26. The minimum atomic E-state index is -0.798. The van der Waals surface area contributed by atoms with E-state index in [9.17, 15) is 9.59 Å². The molecule has 0 aromatic carbocycles. The Morgan fingerprint density at radius 1 is 1.05 bits per heavy atom. The number of esters is 1. The van der Waals surface area contributed by atoms with E-state index in [1.165, 1.54) is 20.0 Å². The van der Waals surface area contributed by atoms with Crippen molar-refractivity contribution in [3.63, 3.8) is 0 Å². The Balaban J connectivity index is 3.91. The average Bonchev–Trinajstić information content (AvgIpc) is 2.39. The fraction of sp³-hybridized carbons (Fsp3) is 0.867. The molecule has 0 rings (SSSR count). The molecule has 0 aliphatic heterocycles. The van der Waals surface area contributed by atoms with E-state index in [1.807, 2.05) is 4.90 Å². The first kappa shape index (κ1) is 18.9. The second-order valence-electron chi connectivity index (χ2n) is 5.55. The molecule has 0 heterocycles. The Hall–Kier alpha value is -1.10. The van der Waals surface area contributed by atoms with Gasteiger partial charge in [-0.3, -0.25) is 9.59 Å². The van der Waals surface area contributed by atoms with E-state index in [-0.39, 0.29) is 12.4 Å². The van der Waals surface area contributed by atoms with Gasteiger partial charge >= 0.3 is 11.9 Å². The molecule has 0 aliphatic rings. The van der Waals surface area contributed by atoms with Crippen LogP contribution in [0, 0.1) is 5.92 Å². The molecular weight excluding hydrogens is 258 g/mol. The van der Waals surface area contributed by atoms with E-state index in [0.29, 0.717) is 19.5 Å². The number of carboxylic acid groups (broad SMARTS) is 1. The maximum atomic E-state index is 11.1. The molecule has 0 aromatic rings. The fourth-order valence-electron chi connectivity index (χ4n) is 2.01. The molecule has 0 fully saturated rings. The van der Waals surface area contributed by atoms with Crippen LogP contribution in [0.2, 0.25) is 0 Å². The zero-order valence-corrected chi connectivity index (χ0v) is 13.1. The zero-order valence-electron chi connectivity index (χ0n) is 13.1. The van der Waals surface area contributed by atoms with Crippen molar-refractivity contribution in [1.29, 1.82) is 0 Å². The molecule has 1 N–H and O–H groups in total. The van der Waals surface area contributed by atoms with Crippen LogP contribution in [0.1, 0.15) is 52.4 Å². The highest BCUT2D eigenvalue weighted by atomic mass is 16.5. The monoisotopic (exact) mass is 287 g/mol. The molecule has 0 radical (unpaired) electrons. The van der Waals surface area contributed by atoms with Crippen LogP contribution in [0.4, 0.5) is 0 Å². The van der Waals surface area contributed by atoms with Gasteiger partial charge in [0.05, 0.1) is 20.0 Å². The van der Waals surface area contributed by atoms with Gasteiger partial charge in [0.25, 0.3) is 0 Å². The lowest BCUT2D eigenvalue weighted by Crippen LogP contribution is -2.30. The molecule has 5 heteroatoms. The summed E-state index contributed by atoms with van der Waals surface area (Å²) in [5.41, 5.74) is 0. The van der Waals surface area contributed by atoms with Crippen LogP contribution in [-0.4, -0.2) is 48.7 Å². The van der Waals surface area contributed by atoms with Gasteiger partial charge in [0.15, 0.2) is 0 Å². The lowest BCUT2D eigenvalue weighted by molar-refractivity contribution is -0.140. The summed E-state index contributed by atoms with van der Waals surface area (Å²) in [5, 5.41) is 8.74. The van der Waals surface area contributed by atoms with Gasteiger partial charge in [0.2, 0.25) is 0 Å². The zero-order chi connectivity index (χ0) is 15.4. The minimum absolute atomic E-state index is 0.118. The highest BCUT2D eigenvalue weighted by Crippen LogP contribution is 2.09. The first-order valence-corrected chi connectivity index (χ1v) is 7.46. The SMILES string of the molecule is COC(=O)CCN(CCCCCC(C)C)CCC(=O)O. The van der Waals surface area contributed by atoms with Crippen LogP contribution in [0.15, 0.2) is 0 Å². The molecule has 0 aliphatic carbocycles. The third kappa shape index (κ3) is 12.0. The first-order valence-electron chi connectivity index (χ1n) is 7.46. The summed E-state index contributed by atoms with van der Waals surface area (Å²) in [6, 6.07) is 0. The fourth-order valence-corrected chi connectivity index (χ4v) is 2.01. The molecule has 0 bridgehead atoms. The summed E-state index contributed by atoms with van der Waals surface area (Å²) in [6.07, 6.45) is 5.08. The number of carbonyl (C=O) groups excluding carboxylic acids is 1. The van der Waals surface area contributed by atoms with Crippen molar-refractivity contribution in [3.8, 4) is 0 Å². The molecule has 0 aromatic heterocycles. The van der Waals surface area contributed by atoms with Crippen LogP contribution in [0.3, 0.4) is 0 Å². The van der Waals surface area contributed by atoms with Crippen molar-refractivity contribution in [1.82, 2.24) is 4.90 Å². The van der Waals surface area contributed by atoms with Crippen molar-refractivity contribution >= 4 is 11.9 Å². The van der Waals surface area contributed by atoms with Crippen LogP contribution in [0.5, 0.6) is 0 Å². The van der Waals surface area contributed by atoms with E-state index in [1.54, 1.807) is 0 Å². The predicted octanol–water partition coefficient (Wildman–Crippen LogP) is 2.54. The van der Waals surface area contributed by atoms with Crippen LogP contribution < -0.4 is 0 Å². The molecule has 0 saturated carbocycles. The number of methoxy groups -OCH3 is 1. The standard InChI is InChI=1S/C15H29NO4/c1-13(2)7-5-4-6-10-16(11-8-14(17)18)12-9-15(19)20-3/h13H,4-12H2,1-3H3,(H,17,18). The van der Waals surface area contributed by atoms with Gasteiger partial charge in [-0.05, 0) is 18.9 Å². The van der Waals surface area contributed by atoms with E-state index in [2.05, 4.69) is 18.6 Å². The van der Waals surface area contributed by atoms with Crippen molar-refractivity contribution in [2.75, 3.05) is 26.7 Å². The number of carboxylic acids is 1. The Kier molecular flexibility index (Phi) is 11.1. The van der Waals surface area contributed by atoms with Gasteiger partial charge in [0.1, 0.15) is 0 Å². The van der Waals surface area contributed by atoms with Gasteiger partial charge < -0.3 is 14.7 Å². The molecule has 20 heavy (non-hydrogen) atoms. The highest BCUT2D eigenvalue weighted by Gasteiger charge is 2.10. The first-order chi connectivity index (χ1) is 9.45. The number of hydrogen-bond acceptors (Lipinski definition) is 4. The van der Waals surface area contributed by atoms with Gasteiger partial charge in [-0.25, -0.2) is 0 Å². The Labute approximate surface area is 122 Å². The molecular formula is C15H29NO4. The number of nitrogens with zero attached hydrogens (tertiary/aromatic N) is 1. The second kappa shape index (κ2) is 11.7. The largest absolute Gasteiger partial charge is 0.481 e. The van der Waals surface area contributed by atoms with E-state index >= 15 is 0 Å². The van der Waals surface area contributed by atoms with Gasteiger partial charge in [-0.15, -0.1) is 0 Å². The number of ether oxygens (including phenoxy) is 1. The van der Waals surface area contributed by atoms with E-state index < -0.39 is 5.97 Å². The highest BCUT2D eigenvalue weighted by molar-refractivity contribution is 5.69. The summed E-state index contributed by atoms with van der Waals surface area (Å²) < 4.78 is 4.61. The van der Waals surface area contributed by atoms with Crippen LogP contribution in [-0.2, 0) is 14.3 Å². The van der Waals surface area contributed by atoms with Crippen molar-refractivity contribution < 1.29 is 19.4 Å². The molecule has 0 amide bonds. The normalized spacial score (nSPS) is 11.1. The molecule has 118 valence electrons. The predicted molar refractivity (Wildman–Crippen MR) is 78.6 cm³/mol. The Bertz CT molecular complexity index is 279. The van der Waals surface area contributed by atoms with E-state index in [0.717, 1.165) is 25.3 Å². The molecule has 0 spiro atoms. The lowest BCUT2D eigenvalue weighted by atomic mass is 10.1. The number of unbranched alkanes of at least 4 members (excludes halogenated alkanes) is 2. The average molecular weight is 287 g/mol. The summed E-state index contributed by atoms with van der Waals surface area (Å²) in [4.78, 5) is 23.8. The van der Waals surface area contributed by atoms with Crippen molar-refractivity contribution in [2.24, 2.45) is 5.92 Å². The number of hydrogen-bond donors (Lipinski definition) is 1. The maximum absolute atomic E-state index is 11.1. The molecule has 0 unspecified atom stereocenters. The molecule has 0 saturated heterocycles. The third-order valence-corrected chi connectivity index (χ3v) is 3.26. The quantitative estimate of drug-likeness (QED) is 0.441. The van der Waals surface area contributed by atoms with Crippen LogP contribution in [0.25, 0.3) is 0 Å². The molecule has 0 atom stereocenters. The second-order valence-corrected chi connectivity index (χ2v) is 5.55. The molecule has 5 nitrogen and oxygen atoms in total. The van der Waals surface area contributed by atoms with Gasteiger partial charge in [-0.2, -0.15) is 0 Å². The van der Waals surface area contributed by atoms with Crippen LogP contribution >= 0.6 is 0 Å². The summed E-state index contributed by atoms with van der Waals surface area (Å²) >= 11 is 0. The number of aliphatic carboxylic acids is 1. The van der Waals surface area contributed by atoms with E-state index in [4.69, 9.17) is 5.11 Å². The van der Waals surface area contributed by atoms with Gasteiger partial charge in [-0.1, -0.05) is 33.1 Å². The van der Waals surface area contributed by atoms with Gasteiger partial charge in [0, 0.05) is 13.1 Å². The Morgan fingerprint density at radius 3 is 2.25 bits per heavy atom. The lowest BCUT2D eigenvalue weighted by Gasteiger charge is -2.21. The minimum Gasteiger partial charge on any atom is -0.481 e. The van der Waals surface area contributed by atoms with Crippen molar-refractivity contribution in [3.05, 3.63) is 0 Å². The summed E-state index contributed by atoms with van der Waals surface area (Å²) in [5.74, 6) is -0.310. The number of rotatable bonds is 12. The Morgan fingerprint density at radius 2 is 1.70 bits per heavy atom. The summed E-state index contributed by atoms with van der Waals surface area (Å²) in [7, 11) is 1.37. The maximum Gasteiger partial charge on any atom is 0.306 e. The smallest absolute Gasteiger partial charge is 0.306 e. The topological polar surface area (TPSA) is 66.8 Å².